The van der Waals surface area contributed by atoms with Gasteiger partial charge in [0.2, 0.25) is 0 Å². The second kappa shape index (κ2) is 6.01. The van der Waals surface area contributed by atoms with Crippen LogP contribution in [0.25, 0.3) is 0 Å². The van der Waals surface area contributed by atoms with Gasteiger partial charge in [0, 0.05) is 13.2 Å². The molecular weight excluding hydrogens is 228 g/mol. The number of carbonyl (C=O) groups is 1. The van der Waals surface area contributed by atoms with Gasteiger partial charge < -0.3 is 4.74 Å². The summed E-state index contributed by atoms with van der Waals surface area (Å²) in [6.07, 6.45) is 0.285. The number of Topliss-reactive ketones (excluding diaryl/α,β-unsaturated/α-hetero) is 1. The number of hydrogen-bond acceptors (Lipinski definition) is 3. The van der Waals surface area contributed by atoms with Gasteiger partial charge in [-0.05, 0) is 20.8 Å². The molecule has 0 spiro atoms. The number of aryl methyl sites for hydroxylation is 2. The van der Waals surface area contributed by atoms with Crippen molar-refractivity contribution in [2.75, 3.05) is 13.2 Å². The molecule has 0 aliphatic rings. The van der Waals surface area contributed by atoms with Crippen molar-refractivity contribution in [3.63, 3.8) is 0 Å². The normalized spacial score (nSPS) is 10.8. The van der Waals surface area contributed by atoms with Crippen LogP contribution < -0.4 is 0 Å². The van der Waals surface area contributed by atoms with E-state index >= 15 is 0 Å². The van der Waals surface area contributed by atoms with Crippen LogP contribution >= 0.6 is 11.6 Å². The van der Waals surface area contributed by atoms with Gasteiger partial charge in [0.15, 0.2) is 5.78 Å². The molecule has 0 atom stereocenters. The number of ketones is 1. The summed E-state index contributed by atoms with van der Waals surface area (Å²) in [5.74, 6) is 0.0263. The Kier molecular flexibility index (Phi) is 4.96. The Morgan fingerprint density at radius 1 is 1.50 bits per heavy atom. The van der Waals surface area contributed by atoms with Gasteiger partial charge in [-0.15, -0.1) is 0 Å². The van der Waals surface area contributed by atoms with Crippen LogP contribution in [0.2, 0.25) is 5.02 Å². The zero-order chi connectivity index (χ0) is 12.1. The number of carbonyl (C=O) groups excluding carboxylic acids is 1. The van der Waals surface area contributed by atoms with Crippen LogP contribution in [0.15, 0.2) is 0 Å². The molecule has 0 bridgehead atoms. The monoisotopic (exact) mass is 244 g/mol. The van der Waals surface area contributed by atoms with Gasteiger partial charge in [-0.2, -0.15) is 5.10 Å². The van der Waals surface area contributed by atoms with Crippen LogP contribution in [-0.2, 0) is 22.5 Å². The third-order valence-corrected chi connectivity index (χ3v) is 2.78. The van der Waals surface area contributed by atoms with Crippen molar-refractivity contribution in [3.05, 3.63) is 16.4 Å². The second-order valence-corrected chi connectivity index (χ2v) is 3.89. The van der Waals surface area contributed by atoms with Gasteiger partial charge in [-0.1, -0.05) is 11.6 Å². The highest BCUT2D eigenvalue weighted by Crippen LogP contribution is 2.20. The van der Waals surface area contributed by atoms with Gasteiger partial charge >= 0.3 is 0 Å². The first-order chi connectivity index (χ1) is 7.60. The fourth-order valence-electron chi connectivity index (χ4n) is 1.49. The first-order valence-corrected chi connectivity index (χ1v) is 5.79. The summed E-state index contributed by atoms with van der Waals surface area (Å²) in [6.45, 7) is 7.07. The van der Waals surface area contributed by atoms with E-state index in [9.17, 15) is 4.79 Å². The lowest BCUT2D eigenvalue weighted by Gasteiger charge is -2.04. The minimum atomic E-state index is 0.0263. The molecule has 0 radical (unpaired) electrons. The molecule has 4 nitrogen and oxygen atoms in total. The van der Waals surface area contributed by atoms with Gasteiger partial charge in [0.05, 0.1) is 22.8 Å². The number of hydrogen-bond donors (Lipinski definition) is 0. The number of ether oxygens (including phenoxy) is 1. The van der Waals surface area contributed by atoms with Crippen LogP contribution in [0.5, 0.6) is 0 Å². The van der Waals surface area contributed by atoms with Crippen molar-refractivity contribution in [2.24, 2.45) is 0 Å². The molecule has 0 fully saturated rings. The van der Waals surface area contributed by atoms with E-state index in [0.29, 0.717) is 18.2 Å². The highest BCUT2D eigenvalue weighted by Gasteiger charge is 2.15. The summed E-state index contributed by atoms with van der Waals surface area (Å²) in [5, 5.41) is 4.84. The smallest absolute Gasteiger partial charge is 0.164 e. The van der Waals surface area contributed by atoms with Crippen LogP contribution in [-0.4, -0.2) is 28.8 Å². The summed E-state index contributed by atoms with van der Waals surface area (Å²) in [4.78, 5) is 11.6. The highest BCUT2D eigenvalue weighted by molar-refractivity contribution is 6.32. The fourth-order valence-corrected chi connectivity index (χ4v) is 1.69. The molecular formula is C11H17ClN2O2. The second-order valence-electron chi connectivity index (χ2n) is 3.51. The molecule has 0 saturated heterocycles. The molecule has 1 aromatic heterocycles. The van der Waals surface area contributed by atoms with Crippen molar-refractivity contribution in [1.29, 1.82) is 0 Å². The Morgan fingerprint density at radius 3 is 2.75 bits per heavy atom. The Morgan fingerprint density at radius 2 is 2.19 bits per heavy atom. The van der Waals surface area contributed by atoms with E-state index < -0.39 is 0 Å². The van der Waals surface area contributed by atoms with Crippen LogP contribution in [0, 0.1) is 6.92 Å². The van der Waals surface area contributed by atoms with Crippen LogP contribution in [0.1, 0.15) is 25.2 Å². The molecule has 0 aliphatic heterocycles. The van der Waals surface area contributed by atoms with Crippen molar-refractivity contribution >= 4 is 17.4 Å². The Balaban J connectivity index is 2.75. The third kappa shape index (κ3) is 3.06. The van der Waals surface area contributed by atoms with Crippen molar-refractivity contribution in [3.8, 4) is 0 Å². The molecule has 0 amide bonds. The van der Waals surface area contributed by atoms with Crippen LogP contribution in [0.4, 0.5) is 0 Å². The van der Waals surface area contributed by atoms with Gasteiger partial charge in [0.1, 0.15) is 6.61 Å². The van der Waals surface area contributed by atoms with E-state index in [1.165, 1.54) is 0 Å². The number of aromatic nitrogens is 2. The van der Waals surface area contributed by atoms with E-state index in [0.717, 1.165) is 11.4 Å². The summed E-state index contributed by atoms with van der Waals surface area (Å²) < 4.78 is 6.83. The first kappa shape index (κ1) is 13.2. The Bertz CT molecular complexity index is 374. The van der Waals surface area contributed by atoms with Gasteiger partial charge in [-0.25, -0.2) is 0 Å². The molecule has 0 aliphatic carbocycles. The van der Waals surface area contributed by atoms with Crippen molar-refractivity contribution in [2.45, 2.75) is 33.7 Å². The highest BCUT2D eigenvalue weighted by atomic mass is 35.5. The largest absolute Gasteiger partial charge is 0.374 e. The summed E-state index contributed by atoms with van der Waals surface area (Å²) >= 11 is 6.09. The molecule has 1 rings (SSSR count). The predicted octanol–water partition coefficient (Wildman–Crippen LogP) is 2.01. The Labute approximate surface area is 101 Å². The molecule has 5 heteroatoms. The number of nitrogens with zero attached hydrogens (tertiary/aromatic N) is 2. The quantitative estimate of drug-likeness (QED) is 0.769. The summed E-state index contributed by atoms with van der Waals surface area (Å²) in [6, 6.07) is 0. The molecule has 16 heavy (non-hydrogen) atoms. The van der Waals surface area contributed by atoms with E-state index in [4.69, 9.17) is 16.3 Å². The number of rotatable bonds is 6. The Hall–Kier alpha value is -0.870. The topological polar surface area (TPSA) is 44.1 Å². The fraction of sp³-hybridized carbons (Fsp3) is 0.636. The van der Waals surface area contributed by atoms with Gasteiger partial charge in [0.25, 0.3) is 0 Å². The molecule has 90 valence electrons. The molecule has 0 unspecified atom stereocenters. The zero-order valence-corrected chi connectivity index (χ0v) is 10.7. The first-order valence-electron chi connectivity index (χ1n) is 5.41. The lowest BCUT2D eigenvalue weighted by molar-refractivity contribution is -0.122. The third-order valence-electron chi connectivity index (χ3n) is 2.28. The van der Waals surface area contributed by atoms with Crippen molar-refractivity contribution in [1.82, 2.24) is 9.78 Å². The van der Waals surface area contributed by atoms with Crippen LogP contribution in [0.3, 0.4) is 0 Å². The maximum absolute atomic E-state index is 11.6. The van der Waals surface area contributed by atoms with E-state index in [1.807, 2.05) is 20.8 Å². The average Bonchev–Trinajstić information content (AvgIpc) is 2.54. The molecule has 1 heterocycles. The predicted molar refractivity (Wildman–Crippen MR) is 62.9 cm³/mol. The zero-order valence-electron chi connectivity index (χ0n) is 9.92. The average molecular weight is 245 g/mol. The van der Waals surface area contributed by atoms with E-state index in [2.05, 4.69) is 5.10 Å². The van der Waals surface area contributed by atoms with Crippen molar-refractivity contribution < 1.29 is 9.53 Å². The minimum absolute atomic E-state index is 0.0263. The molecule has 0 saturated carbocycles. The standard InChI is InChI=1S/C11H17ClN2O2/c1-4-14-10(11(12)8(3)13-14)6-9(15)7-16-5-2/h4-7H2,1-3H3. The molecule has 0 aromatic carbocycles. The minimum Gasteiger partial charge on any atom is -0.374 e. The lowest BCUT2D eigenvalue weighted by atomic mass is 10.2. The number of halogens is 1. The molecule has 0 N–H and O–H groups in total. The van der Waals surface area contributed by atoms with Gasteiger partial charge in [-0.3, -0.25) is 9.48 Å². The van der Waals surface area contributed by atoms with E-state index in [-0.39, 0.29) is 18.8 Å². The van der Waals surface area contributed by atoms with E-state index in [1.54, 1.807) is 4.68 Å². The summed E-state index contributed by atoms with van der Waals surface area (Å²) in [7, 11) is 0. The SMILES string of the molecule is CCOCC(=O)Cc1c(Cl)c(C)nn1CC. The summed E-state index contributed by atoms with van der Waals surface area (Å²) in [5.41, 5.74) is 1.55. The maximum atomic E-state index is 11.6. The maximum Gasteiger partial charge on any atom is 0.164 e. The molecule has 1 aromatic rings. The lowest BCUT2D eigenvalue weighted by Crippen LogP contribution is -2.14.